The van der Waals surface area contributed by atoms with E-state index in [4.69, 9.17) is 24.5 Å². The van der Waals surface area contributed by atoms with E-state index in [-0.39, 0.29) is 0 Å². The van der Waals surface area contributed by atoms with Crippen LogP contribution in [0.1, 0.15) is 18.1 Å². The maximum atomic E-state index is 9.10. The molecule has 1 aromatic heterocycles. The summed E-state index contributed by atoms with van der Waals surface area (Å²) in [4.78, 5) is 22.3. The predicted octanol–water partition coefficient (Wildman–Crippen LogP) is 1.93. The van der Waals surface area contributed by atoms with Crippen molar-refractivity contribution in [2.24, 2.45) is 0 Å². The van der Waals surface area contributed by atoms with Crippen LogP contribution in [0.5, 0.6) is 5.75 Å². The fourth-order valence-corrected chi connectivity index (χ4v) is 1.79. The third kappa shape index (κ3) is 7.37. The molecule has 0 radical (unpaired) electrons. The molecule has 24 heavy (non-hydrogen) atoms. The third-order valence-corrected chi connectivity index (χ3v) is 2.82. The van der Waals surface area contributed by atoms with Gasteiger partial charge in [-0.1, -0.05) is 24.3 Å². The first-order valence-electron chi connectivity index (χ1n) is 7.31. The average Bonchev–Trinajstić information content (AvgIpc) is 2.58. The normalized spacial score (nSPS) is 9.54. The number of benzene rings is 1. The van der Waals surface area contributed by atoms with Gasteiger partial charge in [0.2, 0.25) is 0 Å². The minimum atomic E-state index is -1.82. The van der Waals surface area contributed by atoms with Crippen LogP contribution in [0, 0.1) is 0 Å². The molecule has 1 aromatic carbocycles. The predicted molar refractivity (Wildman–Crippen MR) is 87.7 cm³/mol. The first-order valence-corrected chi connectivity index (χ1v) is 7.31. The number of carboxylic acids is 2. The molecule has 0 atom stereocenters. The van der Waals surface area contributed by atoms with E-state index in [1.165, 1.54) is 11.1 Å². The van der Waals surface area contributed by atoms with Crippen molar-refractivity contribution in [2.45, 2.75) is 20.0 Å². The molecule has 7 heteroatoms. The van der Waals surface area contributed by atoms with Gasteiger partial charge >= 0.3 is 11.9 Å². The van der Waals surface area contributed by atoms with Crippen LogP contribution in [0.15, 0.2) is 48.8 Å². The van der Waals surface area contributed by atoms with Crippen molar-refractivity contribution in [3.8, 4) is 5.75 Å². The number of hydrogen-bond acceptors (Lipinski definition) is 5. The van der Waals surface area contributed by atoms with Crippen molar-refractivity contribution in [1.29, 1.82) is 0 Å². The Morgan fingerprint density at radius 3 is 2.38 bits per heavy atom. The summed E-state index contributed by atoms with van der Waals surface area (Å²) in [6.07, 6.45) is 3.66. The fourth-order valence-electron chi connectivity index (χ4n) is 1.79. The molecule has 2 aromatic rings. The van der Waals surface area contributed by atoms with Crippen molar-refractivity contribution < 1.29 is 24.5 Å². The molecule has 2 rings (SSSR count). The van der Waals surface area contributed by atoms with Crippen LogP contribution in [0.2, 0.25) is 0 Å². The molecule has 1 heterocycles. The number of nitrogens with one attached hydrogen (secondary N) is 1. The van der Waals surface area contributed by atoms with Crippen molar-refractivity contribution in [3.05, 3.63) is 59.9 Å². The quantitative estimate of drug-likeness (QED) is 0.693. The van der Waals surface area contributed by atoms with E-state index in [0.29, 0.717) is 6.61 Å². The summed E-state index contributed by atoms with van der Waals surface area (Å²) in [5.41, 5.74) is 2.37. The summed E-state index contributed by atoms with van der Waals surface area (Å²) in [5, 5.41) is 18.2. The number of rotatable bonds is 6. The first kappa shape index (κ1) is 19.1. The number of ether oxygens (including phenoxy) is 1. The zero-order chi connectivity index (χ0) is 17.8. The molecule has 0 saturated carbocycles. The second-order valence-electron chi connectivity index (χ2n) is 4.62. The number of carboxylic acid groups (broad SMARTS) is 2. The zero-order valence-corrected chi connectivity index (χ0v) is 13.3. The summed E-state index contributed by atoms with van der Waals surface area (Å²) in [6.45, 7) is 4.30. The molecule has 0 aliphatic carbocycles. The summed E-state index contributed by atoms with van der Waals surface area (Å²) < 4.78 is 5.59. The highest BCUT2D eigenvalue weighted by molar-refractivity contribution is 6.27. The van der Waals surface area contributed by atoms with E-state index < -0.39 is 11.9 Å². The van der Waals surface area contributed by atoms with Gasteiger partial charge in [-0.15, -0.1) is 0 Å². The number of carbonyl (C=O) groups is 2. The Hall–Kier alpha value is -2.93. The standard InChI is InChI=1S/C15H18N2O.C2H2O4/c1-2-18-15-8-4-3-7-14(15)12-17-11-13-6-5-9-16-10-13;3-1(4)2(5)6/h3-10,17H,2,11-12H2,1H3;(H,3,4)(H,5,6). The maximum Gasteiger partial charge on any atom is 0.414 e. The number of hydrogen-bond donors (Lipinski definition) is 3. The molecule has 0 aliphatic heterocycles. The van der Waals surface area contributed by atoms with Gasteiger partial charge in [0.15, 0.2) is 0 Å². The van der Waals surface area contributed by atoms with Crippen LogP contribution in [-0.4, -0.2) is 33.7 Å². The van der Waals surface area contributed by atoms with Crippen molar-refractivity contribution in [1.82, 2.24) is 10.3 Å². The lowest BCUT2D eigenvalue weighted by Gasteiger charge is -2.10. The Kier molecular flexibility index (Phi) is 8.55. The van der Waals surface area contributed by atoms with Crippen LogP contribution in [0.3, 0.4) is 0 Å². The summed E-state index contributed by atoms with van der Waals surface area (Å²) in [6, 6.07) is 12.1. The molecular weight excluding hydrogens is 312 g/mol. The topological polar surface area (TPSA) is 109 Å². The van der Waals surface area contributed by atoms with Crippen LogP contribution in [0.4, 0.5) is 0 Å². The van der Waals surface area contributed by atoms with E-state index >= 15 is 0 Å². The van der Waals surface area contributed by atoms with Crippen molar-refractivity contribution >= 4 is 11.9 Å². The SMILES string of the molecule is CCOc1ccccc1CNCc1cccnc1.O=C(O)C(=O)O. The highest BCUT2D eigenvalue weighted by atomic mass is 16.5. The Balaban J connectivity index is 0.000000413. The van der Waals surface area contributed by atoms with Gasteiger partial charge in [-0.25, -0.2) is 9.59 Å². The lowest BCUT2D eigenvalue weighted by molar-refractivity contribution is -0.159. The van der Waals surface area contributed by atoms with Gasteiger partial charge < -0.3 is 20.3 Å². The van der Waals surface area contributed by atoms with Crippen LogP contribution < -0.4 is 10.1 Å². The lowest BCUT2D eigenvalue weighted by atomic mass is 10.2. The Bertz CT molecular complexity index is 634. The minimum Gasteiger partial charge on any atom is -0.494 e. The molecule has 0 spiro atoms. The molecule has 0 bridgehead atoms. The van der Waals surface area contributed by atoms with Gasteiger partial charge in [0.05, 0.1) is 6.61 Å². The number of aliphatic carboxylic acids is 2. The first-order chi connectivity index (χ1) is 11.5. The molecular formula is C17H20N2O5. The molecule has 7 nitrogen and oxygen atoms in total. The zero-order valence-electron chi connectivity index (χ0n) is 13.3. The van der Waals surface area contributed by atoms with Gasteiger partial charge in [0.25, 0.3) is 0 Å². The lowest BCUT2D eigenvalue weighted by Crippen LogP contribution is -2.13. The van der Waals surface area contributed by atoms with Crippen molar-refractivity contribution in [2.75, 3.05) is 6.61 Å². The second kappa shape index (κ2) is 10.7. The number of aromatic nitrogens is 1. The highest BCUT2D eigenvalue weighted by Gasteiger charge is 2.04. The van der Waals surface area contributed by atoms with E-state index in [2.05, 4.69) is 22.4 Å². The third-order valence-electron chi connectivity index (χ3n) is 2.82. The molecule has 0 fully saturated rings. The van der Waals surface area contributed by atoms with Crippen LogP contribution in [-0.2, 0) is 22.7 Å². The molecule has 128 valence electrons. The van der Waals surface area contributed by atoms with Gasteiger partial charge in [-0.2, -0.15) is 0 Å². The number of para-hydroxylation sites is 1. The Morgan fingerprint density at radius 2 is 1.79 bits per heavy atom. The smallest absolute Gasteiger partial charge is 0.414 e. The monoisotopic (exact) mass is 332 g/mol. The van der Waals surface area contributed by atoms with Gasteiger partial charge in [-0.05, 0) is 24.6 Å². The summed E-state index contributed by atoms with van der Waals surface area (Å²) >= 11 is 0. The Morgan fingerprint density at radius 1 is 1.08 bits per heavy atom. The summed E-state index contributed by atoms with van der Waals surface area (Å²) in [5.74, 6) is -2.69. The minimum absolute atomic E-state index is 0.694. The molecule has 3 N–H and O–H groups in total. The maximum absolute atomic E-state index is 9.10. The van der Waals surface area contributed by atoms with Crippen molar-refractivity contribution in [3.63, 3.8) is 0 Å². The molecule has 0 saturated heterocycles. The average molecular weight is 332 g/mol. The van der Waals surface area contributed by atoms with Gasteiger partial charge in [-0.3, -0.25) is 4.98 Å². The van der Waals surface area contributed by atoms with E-state index in [9.17, 15) is 0 Å². The molecule has 0 amide bonds. The fraction of sp³-hybridized carbons (Fsp3) is 0.235. The van der Waals surface area contributed by atoms with Gasteiger partial charge in [0.1, 0.15) is 5.75 Å². The van der Waals surface area contributed by atoms with E-state index in [1.807, 2.05) is 37.4 Å². The van der Waals surface area contributed by atoms with Gasteiger partial charge in [0, 0.05) is 31.0 Å². The van der Waals surface area contributed by atoms with E-state index in [0.717, 1.165) is 18.8 Å². The van der Waals surface area contributed by atoms with E-state index in [1.54, 1.807) is 6.20 Å². The number of pyridine rings is 1. The largest absolute Gasteiger partial charge is 0.494 e. The Labute approximate surface area is 139 Å². The summed E-state index contributed by atoms with van der Waals surface area (Å²) in [7, 11) is 0. The highest BCUT2D eigenvalue weighted by Crippen LogP contribution is 2.17. The second-order valence-corrected chi connectivity index (χ2v) is 4.62. The molecule has 0 aliphatic rings. The van der Waals surface area contributed by atoms with Crippen LogP contribution >= 0.6 is 0 Å². The molecule has 0 unspecified atom stereocenters. The van der Waals surface area contributed by atoms with Crippen LogP contribution in [0.25, 0.3) is 0 Å². The number of nitrogens with zero attached hydrogens (tertiary/aromatic N) is 1.